The Balaban J connectivity index is 1.48. The first kappa shape index (κ1) is 33.9. The van der Waals surface area contributed by atoms with Gasteiger partial charge in [-0.1, -0.05) is 35.9 Å². The fourth-order valence-corrected chi connectivity index (χ4v) is 5.67. The van der Waals surface area contributed by atoms with Crippen molar-refractivity contribution in [2.45, 2.75) is 64.2 Å². The molecule has 13 nitrogen and oxygen atoms in total. The topological polar surface area (TPSA) is 167 Å². The first-order chi connectivity index (χ1) is 21.2. The molecule has 0 radical (unpaired) electrons. The van der Waals surface area contributed by atoms with Gasteiger partial charge in [0.2, 0.25) is 6.23 Å². The van der Waals surface area contributed by atoms with Gasteiger partial charge in [-0.25, -0.2) is 9.36 Å². The number of nitrogens with zero attached hydrogens (tertiary/aromatic N) is 2. The van der Waals surface area contributed by atoms with Crippen LogP contribution in [0.2, 0.25) is 0 Å². The number of halogens is 2. The molecule has 4 rings (SSSR count). The van der Waals surface area contributed by atoms with Gasteiger partial charge in [-0.3, -0.25) is 18.7 Å². The molecule has 5 atom stereocenters. The van der Waals surface area contributed by atoms with E-state index in [1.165, 1.54) is 19.1 Å². The number of esters is 1. The van der Waals surface area contributed by atoms with Gasteiger partial charge in [0.05, 0.1) is 12.7 Å². The molecule has 1 aliphatic rings. The first-order valence-corrected chi connectivity index (χ1v) is 15.4. The molecule has 1 amide bonds. The van der Waals surface area contributed by atoms with Crippen LogP contribution < -0.4 is 20.6 Å². The number of carbonyl (C=O) groups excluding carboxylic acids is 2. The summed E-state index contributed by atoms with van der Waals surface area (Å²) in [6, 6.07) is 14.2. The van der Waals surface area contributed by atoms with Gasteiger partial charge < -0.3 is 24.4 Å². The highest BCUT2D eigenvalue weighted by Crippen LogP contribution is 2.48. The Morgan fingerprint density at radius 3 is 2.40 bits per heavy atom. The smallest absolute Gasteiger partial charge is 0.459 e. The number of aliphatic hydroxyl groups excluding tert-OH is 1. The SMILES string of the molecule is Cc1ccc(C(=O)Nc2ccn(C3O[C@H](COP(=O)(N[C@H](C)C(=O)OC(C)C)Oc4ccccc4)[C@@H](O)C3(F)F)c(=O)n2)cc1. The number of anilines is 1. The molecule has 1 aromatic heterocycles. The maximum absolute atomic E-state index is 15.2. The summed E-state index contributed by atoms with van der Waals surface area (Å²) in [7, 11) is -4.47. The molecule has 0 aliphatic carbocycles. The van der Waals surface area contributed by atoms with E-state index in [2.05, 4.69) is 15.4 Å². The minimum absolute atomic E-state index is 0.0704. The average Bonchev–Trinajstić information content (AvgIpc) is 3.20. The fourth-order valence-electron chi connectivity index (χ4n) is 4.17. The monoisotopic (exact) mass is 650 g/mol. The molecule has 0 saturated carbocycles. The highest BCUT2D eigenvalue weighted by atomic mass is 31.2. The zero-order valence-electron chi connectivity index (χ0n) is 24.8. The molecule has 1 aliphatic heterocycles. The quantitative estimate of drug-likeness (QED) is 0.193. The normalized spacial score (nSPS) is 21.1. The van der Waals surface area contributed by atoms with E-state index in [0.29, 0.717) is 4.57 Å². The number of rotatable bonds is 12. The van der Waals surface area contributed by atoms with Gasteiger partial charge >= 0.3 is 25.3 Å². The predicted octanol–water partition coefficient (Wildman–Crippen LogP) is 3.83. The summed E-state index contributed by atoms with van der Waals surface area (Å²) in [5, 5.41) is 15.3. The van der Waals surface area contributed by atoms with Crippen LogP contribution in [-0.2, 0) is 23.4 Å². The Kier molecular flexibility index (Phi) is 10.5. The second-order valence-corrected chi connectivity index (χ2v) is 12.2. The minimum atomic E-state index is -4.47. The number of benzene rings is 2. The van der Waals surface area contributed by atoms with Crippen molar-refractivity contribution in [3.63, 3.8) is 0 Å². The molecule has 0 bridgehead atoms. The van der Waals surface area contributed by atoms with Crippen molar-refractivity contribution in [2.24, 2.45) is 0 Å². The summed E-state index contributed by atoms with van der Waals surface area (Å²) in [6.07, 6.45) is -6.18. The number of amides is 1. The Bertz CT molecular complexity index is 1610. The predicted molar refractivity (Wildman–Crippen MR) is 157 cm³/mol. The van der Waals surface area contributed by atoms with E-state index in [4.69, 9.17) is 18.5 Å². The van der Waals surface area contributed by atoms with Crippen LogP contribution in [-0.4, -0.2) is 63.4 Å². The maximum Gasteiger partial charge on any atom is 0.459 e. The highest BCUT2D eigenvalue weighted by molar-refractivity contribution is 7.52. The number of aryl methyl sites for hydroxylation is 1. The van der Waals surface area contributed by atoms with E-state index in [-0.39, 0.29) is 17.1 Å². The molecule has 2 aromatic carbocycles. The zero-order valence-corrected chi connectivity index (χ0v) is 25.6. The van der Waals surface area contributed by atoms with E-state index in [0.717, 1.165) is 17.8 Å². The van der Waals surface area contributed by atoms with Gasteiger partial charge in [0.1, 0.15) is 23.7 Å². The first-order valence-electron chi connectivity index (χ1n) is 13.8. The summed E-state index contributed by atoms with van der Waals surface area (Å²) in [5.41, 5.74) is 0.0178. The summed E-state index contributed by atoms with van der Waals surface area (Å²) < 4.78 is 65.8. The molecular weight excluding hydrogens is 617 g/mol. The average molecular weight is 651 g/mol. The van der Waals surface area contributed by atoms with E-state index >= 15 is 8.78 Å². The highest BCUT2D eigenvalue weighted by Gasteiger charge is 2.60. The van der Waals surface area contributed by atoms with Gasteiger partial charge in [0, 0.05) is 11.8 Å². The molecule has 45 heavy (non-hydrogen) atoms. The van der Waals surface area contributed by atoms with Crippen LogP contribution in [0.3, 0.4) is 0 Å². The molecule has 1 saturated heterocycles. The number of aromatic nitrogens is 2. The van der Waals surface area contributed by atoms with Gasteiger partial charge in [0.25, 0.3) is 5.91 Å². The van der Waals surface area contributed by atoms with Crippen molar-refractivity contribution in [2.75, 3.05) is 11.9 Å². The van der Waals surface area contributed by atoms with Crippen molar-refractivity contribution in [1.82, 2.24) is 14.6 Å². The van der Waals surface area contributed by atoms with Crippen LogP contribution in [0.15, 0.2) is 71.7 Å². The summed E-state index contributed by atoms with van der Waals surface area (Å²) >= 11 is 0. The minimum Gasteiger partial charge on any atom is -0.462 e. The third kappa shape index (κ3) is 8.38. The van der Waals surface area contributed by atoms with Gasteiger partial charge in [-0.2, -0.15) is 18.9 Å². The zero-order chi connectivity index (χ0) is 32.9. The lowest BCUT2D eigenvalue weighted by molar-refractivity contribution is -0.149. The Labute approximate surface area is 257 Å². The number of ether oxygens (including phenoxy) is 2. The van der Waals surface area contributed by atoms with Crippen molar-refractivity contribution >= 4 is 25.4 Å². The van der Waals surface area contributed by atoms with Crippen LogP contribution in [0.5, 0.6) is 5.75 Å². The third-order valence-corrected chi connectivity index (χ3v) is 8.10. The molecule has 2 unspecified atom stereocenters. The lowest BCUT2D eigenvalue weighted by atomic mass is 10.1. The molecule has 242 valence electrons. The largest absolute Gasteiger partial charge is 0.462 e. The lowest BCUT2D eigenvalue weighted by Gasteiger charge is -2.25. The van der Waals surface area contributed by atoms with E-state index in [9.17, 15) is 24.1 Å². The second kappa shape index (κ2) is 14.0. The van der Waals surface area contributed by atoms with Crippen molar-refractivity contribution < 1.29 is 46.6 Å². The Hall–Kier alpha value is -4.01. The molecule has 0 spiro atoms. The van der Waals surface area contributed by atoms with E-state index in [1.807, 2.05) is 6.92 Å². The second-order valence-electron chi connectivity index (χ2n) is 10.5. The number of aliphatic hydroxyl groups is 1. The molecule has 3 aromatic rings. The summed E-state index contributed by atoms with van der Waals surface area (Å²) in [4.78, 5) is 41.2. The number of hydrogen-bond donors (Lipinski definition) is 3. The summed E-state index contributed by atoms with van der Waals surface area (Å²) in [6.45, 7) is 5.52. The van der Waals surface area contributed by atoms with Gasteiger partial charge in [-0.15, -0.1) is 0 Å². The van der Waals surface area contributed by atoms with Gasteiger partial charge in [-0.05, 0) is 58.0 Å². The summed E-state index contributed by atoms with van der Waals surface area (Å²) in [5.74, 6) is -5.50. The van der Waals surface area contributed by atoms with Crippen LogP contribution in [0, 0.1) is 6.92 Å². The number of hydrogen-bond acceptors (Lipinski definition) is 10. The molecular formula is C29H33F2N4O9P. The van der Waals surface area contributed by atoms with Crippen LogP contribution in [0.1, 0.15) is 42.9 Å². The van der Waals surface area contributed by atoms with E-state index < -0.39 is 68.4 Å². The van der Waals surface area contributed by atoms with Crippen LogP contribution >= 0.6 is 7.75 Å². The lowest BCUT2D eigenvalue weighted by Crippen LogP contribution is -2.42. The van der Waals surface area contributed by atoms with Crippen LogP contribution in [0.4, 0.5) is 14.6 Å². The van der Waals surface area contributed by atoms with E-state index in [1.54, 1.807) is 56.3 Å². The maximum atomic E-state index is 15.2. The Morgan fingerprint density at radius 2 is 1.78 bits per heavy atom. The number of carbonyl (C=O) groups is 2. The number of para-hydroxylation sites is 1. The third-order valence-electron chi connectivity index (χ3n) is 6.45. The van der Waals surface area contributed by atoms with Crippen molar-refractivity contribution in [3.8, 4) is 5.75 Å². The Morgan fingerprint density at radius 1 is 1.11 bits per heavy atom. The molecule has 3 N–H and O–H groups in total. The van der Waals surface area contributed by atoms with Crippen molar-refractivity contribution in [1.29, 1.82) is 0 Å². The standard InChI is InChI=1S/C29H33F2N4O9P/c1-17(2)42-26(38)19(4)34-45(40,44-21-8-6-5-7-9-21)41-16-22-24(36)29(30,31)27(43-22)35-15-14-23(33-28(35)39)32-25(37)20-12-10-18(3)11-13-20/h5-15,17,19,22,24,27,36H,16H2,1-4H3,(H,34,40)(H,32,33,37,39)/t19-,22-,24-,27?,45?/m1/s1. The molecule has 2 heterocycles. The van der Waals surface area contributed by atoms with Crippen molar-refractivity contribution in [3.05, 3.63) is 88.5 Å². The van der Waals surface area contributed by atoms with Crippen LogP contribution in [0.25, 0.3) is 0 Å². The molecule has 1 fully saturated rings. The molecule has 16 heteroatoms. The number of nitrogens with one attached hydrogen (secondary N) is 2. The number of alkyl halides is 2. The van der Waals surface area contributed by atoms with Gasteiger partial charge in [0.15, 0.2) is 6.10 Å². The fraction of sp³-hybridized carbons (Fsp3) is 0.379.